The zero-order chi connectivity index (χ0) is 13.1. The van der Waals surface area contributed by atoms with Gasteiger partial charge in [0.05, 0.1) is 0 Å². The number of hydrogen-bond donors (Lipinski definition) is 1. The number of nitrogens with one attached hydrogen (secondary N) is 1. The van der Waals surface area contributed by atoms with Gasteiger partial charge in [0.15, 0.2) is 5.13 Å². The second-order valence-electron chi connectivity index (χ2n) is 4.20. The first-order chi connectivity index (χ1) is 9.33. The average Bonchev–Trinajstić information content (AvgIpc) is 3.05. The van der Waals surface area contributed by atoms with Crippen LogP contribution in [0, 0.1) is 0 Å². The predicted molar refractivity (Wildman–Crippen MR) is 77.3 cm³/mol. The number of carbonyl (C=O) groups excluding carboxylic acids is 1. The summed E-state index contributed by atoms with van der Waals surface area (Å²) < 4.78 is 2.09. The minimum absolute atomic E-state index is 0.00673. The summed E-state index contributed by atoms with van der Waals surface area (Å²) in [6.45, 7) is 0.671. The van der Waals surface area contributed by atoms with Gasteiger partial charge in [0.25, 0.3) is 0 Å². The largest absolute Gasteiger partial charge is 0.347 e. The summed E-state index contributed by atoms with van der Waals surface area (Å²) in [6.07, 6.45) is 4.14. The molecule has 0 aliphatic carbocycles. The molecule has 0 saturated carbocycles. The molecule has 0 spiro atoms. The zero-order valence-electron chi connectivity index (χ0n) is 10.2. The average molecular weight is 271 g/mol. The number of nitrogens with zero attached hydrogens (tertiary/aromatic N) is 2. The van der Waals surface area contributed by atoms with Gasteiger partial charge in [-0.3, -0.25) is 4.79 Å². The normalized spacial score (nSPS) is 10.7. The molecule has 1 N–H and O–H groups in total. The van der Waals surface area contributed by atoms with Crippen molar-refractivity contribution in [3.63, 3.8) is 0 Å². The Morgan fingerprint density at radius 1 is 1.32 bits per heavy atom. The Bertz CT molecular complexity index is 688. The topological polar surface area (TPSA) is 46.9 Å². The fourth-order valence-electron chi connectivity index (χ4n) is 2.02. The van der Waals surface area contributed by atoms with Crippen molar-refractivity contribution in [1.29, 1.82) is 0 Å². The van der Waals surface area contributed by atoms with Gasteiger partial charge in [-0.2, -0.15) is 0 Å². The van der Waals surface area contributed by atoms with Gasteiger partial charge in [-0.15, -0.1) is 11.3 Å². The molecule has 0 atom stereocenters. The van der Waals surface area contributed by atoms with Crippen molar-refractivity contribution in [3.8, 4) is 0 Å². The van der Waals surface area contributed by atoms with Gasteiger partial charge in [0, 0.05) is 36.3 Å². The SMILES string of the molecule is O=C(CCn1ccc2ccccc21)Nc1nccs1. The summed E-state index contributed by atoms with van der Waals surface area (Å²) in [7, 11) is 0. The van der Waals surface area contributed by atoms with Gasteiger partial charge < -0.3 is 9.88 Å². The number of para-hydroxylation sites is 1. The highest BCUT2D eigenvalue weighted by molar-refractivity contribution is 7.13. The molecule has 0 radical (unpaired) electrons. The third-order valence-electron chi connectivity index (χ3n) is 2.94. The van der Waals surface area contributed by atoms with E-state index >= 15 is 0 Å². The van der Waals surface area contributed by atoms with E-state index in [2.05, 4.69) is 33.1 Å². The lowest BCUT2D eigenvalue weighted by atomic mass is 10.2. The van der Waals surface area contributed by atoms with E-state index in [1.54, 1.807) is 6.20 Å². The lowest BCUT2D eigenvalue weighted by Gasteiger charge is -2.05. The number of rotatable bonds is 4. The molecule has 3 aromatic rings. The van der Waals surface area contributed by atoms with Crippen molar-refractivity contribution in [2.75, 3.05) is 5.32 Å². The quantitative estimate of drug-likeness (QED) is 0.792. The molecule has 5 heteroatoms. The van der Waals surface area contributed by atoms with E-state index in [9.17, 15) is 4.79 Å². The van der Waals surface area contributed by atoms with Crippen LogP contribution in [-0.2, 0) is 11.3 Å². The molecular formula is C14H13N3OS. The molecular weight excluding hydrogens is 258 g/mol. The summed E-state index contributed by atoms with van der Waals surface area (Å²) in [5.41, 5.74) is 1.16. The van der Waals surface area contributed by atoms with Crippen molar-refractivity contribution in [1.82, 2.24) is 9.55 Å². The first-order valence-corrected chi connectivity index (χ1v) is 6.94. The van der Waals surface area contributed by atoms with Gasteiger partial charge in [0.2, 0.25) is 5.91 Å². The molecule has 19 heavy (non-hydrogen) atoms. The van der Waals surface area contributed by atoms with Crippen LogP contribution in [0.4, 0.5) is 5.13 Å². The van der Waals surface area contributed by atoms with E-state index in [0.29, 0.717) is 18.1 Å². The monoisotopic (exact) mass is 271 g/mol. The minimum Gasteiger partial charge on any atom is -0.347 e. The summed E-state index contributed by atoms with van der Waals surface area (Å²) in [4.78, 5) is 15.8. The van der Waals surface area contributed by atoms with E-state index in [1.165, 1.54) is 16.7 Å². The van der Waals surface area contributed by atoms with Crippen molar-refractivity contribution in [2.45, 2.75) is 13.0 Å². The molecule has 0 fully saturated rings. The molecule has 0 saturated heterocycles. The summed E-state index contributed by atoms with van der Waals surface area (Å²) in [5, 5.41) is 6.48. The van der Waals surface area contributed by atoms with Crippen LogP contribution in [0.1, 0.15) is 6.42 Å². The highest BCUT2D eigenvalue weighted by Crippen LogP contribution is 2.16. The number of hydrogen-bond acceptors (Lipinski definition) is 3. The van der Waals surface area contributed by atoms with Crippen LogP contribution in [0.5, 0.6) is 0 Å². The van der Waals surface area contributed by atoms with Crippen molar-refractivity contribution >= 4 is 33.3 Å². The standard InChI is InChI=1S/C14H13N3OS/c18-13(16-14-15-7-10-19-14)6-9-17-8-5-11-3-1-2-4-12(11)17/h1-5,7-8,10H,6,9H2,(H,15,16,18). The first-order valence-electron chi connectivity index (χ1n) is 6.06. The first kappa shape index (κ1) is 11.9. The van der Waals surface area contributed by atoms with E-state index in [4.69, 9.17) is 0 Å². The molecule has 0 bridgehead atoms. The number of aromatic nitrogens is 2. The van der Waals surface area contributed by atoms with Crippen LogP contribution < -0.4 is 5.32 Å². The number of benzene rings is 1. The Hall–Kier alpha value is -2.14. The Morgan fingerprint density at radius 2 is 2.21 bits per heavy atom. The third kappa shape index (κ3) is 2.66. The minimum atomic E-state index is -0.00673. The number of aryl methyl sites for hydroxylation is 1. The number of fused-ring (bicyclic) bond motifs is 1. The van der Waals surface area contributed by atoms with Crippen LogP contribution >= 0.6 is 11.3 Å². The van der Waals surface area contributed by atoms with E-state index < -0.39 is 0 Å². The molecule has 0 unspecified atom stereocenters. The molecule has 2 aromatic heterocycles. The Morgan fingerprint density at radius 3 is 3.05 bits per heavy atom. The molecule has 2 heterocycles. The maximum absolute atomic E-state index is 11.8. The fourth-order valence-corrected chi connectivity index (χ4v) is 2.57. The van der Waals surface area contributed by atoms with Gasteiger partial charge in [-0.25, -0.2) is 4.98 Å². The smallest absolute Gasteiger partial charge is 0.227 e. The second kappa shape index (κ2) is 5.24. The highest BCUT2D eigenvalue weighted by atomic mass is 32.1. The van der Waals surface area contributed by atoms with Crippen molar-refractivity contribution < 1.29 is 4.79 Å². The number of thiazole rings is 1. The number of anilines is 1. The molecule has 4 nitrogen and oxygen atoms in total. The summed E-state index contributed by atoms with van der Waals surface area (Å²) in [6, 6.07) is 10.2. The van der Waals surface area contributed by atoms with Gasteiger partial charge in [0.1, 0.15) is 0 Å². The molecule has 1 amide bonds. The second-order valence-corrected chi connectivity index (χ2v) is 5.10. The lowest BCUT2D eigenvalue weighted by Crippen LogP contribution is -2.13. The maximum Gasteiger partial charge on any atom is 0.227 e. The van der Waals surface area contributed by atoms with E-state index in [0.717, 1.165) is 5.52 Å². The van der Waals surface area contributed by atoms with E-state index in [1.807, 2.05) is 23.7 Å². The van der Waals surface area contributed by atoms with Crippen LogP contribution in [0.3, 0.4) is 0 Å². The number of carbonyl (C=O) groups is 1. The third-order valence-corrected chi connectivity index (χ3v) is 3.63. The van der Waals surface area contributed by atoms with Crippen LogP contribution in [0.25, 0.3) is 10.9 Å². The Labute approximate surface area is 114 Å². The van der Waals surface area contributed by atoms with Gasteiger partial charge in [-0.05, 0) is 17.5 Å². The summed E-state index contributed by atoms with van der Waals surface area (Å²) in [5.74, 6) is -0.00673. The zero-order valence-corrected chi connectivity index (χ0v) is 11.1. The van der Waals surface area contributed by atoms with Crippen molar-refractivity contribution in [3.05, 3.63) is 48.1 Å². The number of amides is 1. The van der Waals surface area contributed by atoms with Crippen LogP contribution in [0.15, 0.2) is 48.1 Å². The lowest BCUT2D eigenvalue weighted by molar-refractivity contribution is -0.116. The van der Waals surface area contributed by atoms with Crippen molar-refractivity contribution in [2.24, 2.45) is 0 Å². The highest BCUT2D eigenvalue weighted by Gasteiger charge is 2.06. The maximum atomic E-state index is 11.8. The molecule has 96 valence electrons. The van der Waals surface area contributed by atoms with Gasteiger partial charge >= 0.3 is 0 Å². The predicted octanol–water partition coefficient (Wildman–Crippen LogP) is 3.13. The molecule has 3 rings (SSSR count). The van der Waals surface area contributed by atoms with Crippen LogP contribution in [-0.4, -0.2) is 15.5 Å². The van der Waals surface area contributed by atoms with Crippen LogP contribution in [0.2, 0.25) is 0 Å². The summed E-state index contributed by atoms with van der Waals surface area (Å²) >= 11 is 1.43. The Kier molecular flexibility index (Phi) is 3.29. The molecule has 0 aliphatic rings. The van der Waals surface area contributed by atoms with E-state index in [-0.39, 0.29) is 5.91 Å². The van der Waals surface area contributed by atoms with Gasteiger partial charge in [-0.1, -0.05) is 18.2 Å². The molecule has 1 aromatic carbocycles. The Balaban J connectivity index is 1.64. The fraction of sp³-hybridized carbons (Fsp3) is 0.143. The molecule has 0 aliphatic heterocycles.